The lowest BCUT2D eigenvalue weighted by Crippen LogP contribution is -2.43. The highest BCUT2D eigenvalue weighted by molar-refractivity contribution is 6.32. The predicted octanol–water partition coefficient (Wildman–Crippen LogP) is 2.21. The molecule has 0 radical (unpaired) electrons. The highest BCUT2D eigenvalue weighted by atomic mass is 35.5. The molecule has 0 aliphatic carbocycles. The van der Waals surface area contributed by atoms with Gasteiger partial charge in [0.05, 0.1) is 26.0 Å². The molecule has 1 amide bonds. The molecular formula is C18H19Cl2N3O4. The minimum absolute atomic E-state index is 0.350. The largest absolute Gasteiger partial charge is 0.467 e. The van der Waals surface area contributed by atoms with Crippen LogP contribution < -0.4 is 5.32 Å². The number of hydrogen-bond donors (Lipinski definition) is 2. The molecule has 0 aliphatic heterocycles. The van der Waals surface area contributed by atoms with Gasteiger partial charge in [-0.2, -0.15) is 5.10 Å². The molecule has 1 aromatic heterocycles. The van der Waals surface area contributed by atoms with Crippen molar-refractivity contribution < 1.29 is 19.4 Å². The van der Waals surface area contributed by atoms with E-state index in [0.717, 1.165) is 5.56 Å². The Bertz CT molecular complexity index is 864. The maximum absolute atomic E-state index is 12.0. The third kappa shape index (κ3) is 5.32. The summed E-state index contributed by atoms with van der Waals surface area (Å²) in [5, 5.41) is 16.8. The number of methoxy groups -OCH3 is 1. The van der Waals surface area contributed by atoms with E-state index in [1.165, 1.54) is 19.3 Å². The topological polar surface area (TPSA) is 93.4 Å². The van der Waals surface area contributed by atoms with Crippen LogP contribution in [0, 0.1) is 6.92 Å². The van der Waals surface area contributed by atoms with Crippen molar-refractivity contribution in [2.24, 2.45) is 0 Å². The summed E-state index contributed by atoms with van der Waals surface area (Å²) in [6.45, 7) is 1.58. The van der Waals surface area contributed by atoms with Crippen molar-refractivity contribution in [3.63, 3.8) is 0 Å². The fourth-order valence-corrected chi connectivity index (χ4v) is 2.84. The fraction of sp³-hybridized carbons (Fsp3) is 0.278. The molecule has 0 spiro atoms. The van der Waals surface area contributed by atoms with Gasteiger partial charge in [-0.05, 0) is 24.6 Å². The molecule has 2 aromatic rings. The first-order valence-electron chi connectivity index (χ1n) is 8.01. The van der Waals surface area contributed by atoms with E-state index in [-0.39, 0.29) is 0 Å². The van der Waals surface area contributed by atoms with Gasteiger partial charge in [-0.1, -0.05) is 41.4 Å². The van der Waals surface area contributed by atoms with Gasteiger partial charge in [0, 0.05) is 16.7 Å². The van der Waals surface area contributed by atoms with Crippen LogP contribution in [0.4, 0.5) is 0 Å². The van der Waals surface area contributed by atoms with E-state index in [0.29, 0.717) is 28.0 Å². The first kappa shape index (κ1) is 21.0. The minimum Gasteiger partial charge on any atom is -0.467 e. The molecule has 7 nitrogen and oxygen atoms in total. The van der Waals surface area contributed by atoms with E-state index in [2.05, 4.69) is 15.2 Å². The number of nitrogens with one attached hydrogen (secondary N) is 1. The summed E-state index contributed by atoms with van der Waals surface area (Å²) < 4.78 is 6.08. The first-order chi connectivity index (χ1) is 12.9. The molecule has 0 aliphatic rings. The average Bonchev–Trinajstić information content (AvgIpc) is 2.92. The number of carbonyl (C=O) groups is 2. The second-order valence-corrected chi connectivity index (χ2v) is 6.40. The van der Waals surface area contributed by atoms with Crippen LogP contribution in [0.5, 0.6) is 0 Å². The molecule has 0 bridgehead atoms. The number of rotatable bonds is 7. The molecule has 0 fully saturated rings. The molecule has 27 heavy (non-hydrogen) atoms. The number of hydrogen-bond acceptors (Lipinski definition) is 5. The number of esters is 1. The molecule has 1 aromatic carbocycles. The van der Waals surface area contributed by atoms with E-state index in [4.69, 9.17) is 28.3 Å². The number of amides is 1. The molecule has 0 unspecified atom stereocenters. The van der Waals surface area contributed by atoms with E-state index >= 15 is 0 Å². The molecule has 1 atom stereocenters. The molecule has 2 rings (SSSR count). The third-order valence-electron chi connectivity index (χ3n) is 3.77. The summed E-state index contributed by atoms with van der Waals surface area (Å²) in [6.07, 6.45) is 2.70. The SMILES string of the molecule is COC(=O)[C@@H](CO)NC(=O)/C=C/c1c(C)nn(Cc2ccccc2Cl)c1Cl. The number of carbonyl (C=O) groups excluding carboxylic acids is 2. The van der Waals surface area contributed by atoms with Gasteiger partial charge in [0.1, 0.15) is 5.15 Å². The number of aliphatic hydroxyl groups excluding tert-OH is 1. The zero-order valence-electron chi connectivity index (χ0n) is 14.8. The van der Waals surface area contributed by atoms with E-state index in [1.807, 2.05) is 18.2 Å². The fourth-order valence-electron chi connectivity index (χ4n) is 2.35. The van der Waals surface area contributed by atoms with Crippen LogP contribution in [0.2, 0.25) is 10.2 Å². The number of ether oxygens (including phenoxy) is 1. The molecule has 0 saturated carbocycles. The summed E-state index contributed by atoms with van der Waals surface area (Å²) in [4.78, 5) is 23.4. The Balaban J connectivity index is 2.14. The molecule has 0 saturated heterocycles. The second kappa shape index (κ2) is 9.55. The zero-order valence-corrected chi connectivity index (χ0v) is 16.3. The van der Waals surface area contributed by atoms with Gasteiger partial charge in [-0.15, -0.1) is 0 Å². The van der Waals surface area contributed by atoms with Gasteiger partial charge in [0.15, 0.2) is 6.04 Å². The number of aliphatic hydroxyl groups is 1. The van der Waals surface area contributed by atoms with Crippen LogP contribution in [0.3, 0.4) is 0 Å². The number of aryl methyl sites for hydroxylation is 1. The van der Waals surface area contributed by atoms with Gasteiger partial charge in [0.25, 0.3) is 0 Å². The second-order valence-electron chi connectivity index (χ2n) is 5.64. The number of nitrogens with zero attached hydrogens (tertiary/aromatic N) is 2. The Kier molecular flexibility index (Phi) is 7.41. The summed E-state index contributed by atoms with van der Waals surface area (Å²) in [5.41, 5.74) is 2.06. The van der Waals surface area contributed by atoms with Gasteiger partial charge in [-0.25, -0.2) is 9.48 Å². The van der Waals surface area contributed by atoms with Crippen molar-refractivity contribution in [3.8, 4) is 0 Å². The van der Waals surface area contributed by atoms with Crippen molar-refractivity contribution >= 4 is 41.2 Å². The lowest BCUT2D eigenvalue weighted by atomic mass is 10.2. The summed E-state index contributed by atoms with van der Waals surface area (Å²) in [6, 6.07) is 6.23. The highest BCUT2D eigenvalue weighted by Gasteiger charge is 2.19. The Morgan fingerprint density at radius 1 is 1.37 bits per heavy atom. The van der Waals surface area contributed by atoms with Crippen molar-refractivity contribution in [1.29, 1.82) is 0 Å². The predicted molar refractivity (Wildman–Crippen MR) is 103 cm³/mol. The summed E-state index contributed by atoms with van der Waals surface area (Å²) in [5.74, 6) is -1.31. The van der Waals surface area contributed by atoms with Crippen LogP contribution in [0.15, 0.2) is 30.3 Å². The maximum Gasteiger partial charge on any atom is 0.330 e. The summed E-state index contributed by atoms with van der Waals surface area (Å²) >= 11 is 12.5. The molecule has 9 heteroatoms. The normalized spacial score (nSPS) is 12.2. The van der Waals surface area contributed by atoms with Crippen LogP contribution in [0.25, 0.3) is 6.08 Å². The monoisotopic (exact) mass is 411 g/mol. The van der Waals surface area contributed by atoms with E-state index in [1.54, 1.807) is 17.7 Å². The molecular weight excluding hydrogens is 393 g/mol. The van der Waals surface area contributed by atoms with Gasteiger partial charge in [0.2, 0.25) is 5.91 Å². The van der Waals surface area contributed by atoms with Crippen LogP contribution >= 0.6 is 23.2 Å². The lowest BCUT2D eigenvalue weighted by Gasteiger charge is -2.11. The molecule has 144 valence electrons. The Labute approximate surface area is 166 Å². The average molecular weight is 412 g/mol. The van der Waals surface area contributed by atoms with Crippen LogP contribution in [-0.2, 0) is 20.9 Å². The van der Waals surface area contributed by atoms with Gasteiger partial charge in [-0.3, -0.25) is 4.79 Å². The Morgan fingerprint density at radius 3 is 2.70 bits per heavy atom. The first-order valence-corrected chi connectivity index (χ1v) is 8.76. The summed E-state index contributed by atoms with van der Waals surface area (Å²) in [7, 11) is 1.17. The third-order valence-corrected chi connectivity index (χ3v) is 4.54. The number of aromatic nitrogens is 2. The Morgan fingerprint density at radius 2 is 2.07 bits per heavy atom. The van der Waals surface area contributed by atoms with Crippen LogP contribution in [-0.4, -0.2) is 46.5 Å². The van der Waals surface area contributed by atoms with Crippen molar-refractivity contribution in [1.82, 2.24) is 15.1 Å². The van der Waals surface area contributed by atoms with Crippen molar-refractivity contribution in [3.05, 3.63) is 57.3 Å². The Hall–Kier alpha value is -2.35. The van der Waals surface area contributed by atoms with Gasteiger partial charge < -0.3 is 15.2 Å². The van der Waals surface area contributed by atoms with Crippen LogP contribution in [0.1, 0.15) is 16.8 Å². The standard InChI is InChI=1S/C18H19Cl2N3O4/c1-11-13(7-8-16(25)21-15(10-24)18(26)27-2)17(20)23(22-11)9-12-5-3-4-6-14(12)19/h3-8,15,24H,9-10H2,1-2H3,(H,21,25)/b8-7+/t15-/m1/s1. The molecule has 1 heterocycles. The van der Waals surface area contributed by atoms with Crippen molar-refractivity contribution in [2.45, 2.75) is 19.5 Å². The van der Waals surface area contributed by atoms with Gasteiger partial charge >= 0.3 is 5.97 Å². The molecule has 2 N–H and O–H groups in total. The highest BCUT2D eigenvalue weighted by Crippen LogP contribution is 2.24. The number of benzene rings is 1. The van der Waals surface area contributed by atoms with E-state index < -0.39 is 24.5 Å². The van der Waals surface area contributed by atoms with Crippen molar-refractivity contribution in [2.75, 3.05) is 13.7 Å². The number of halogens is 2. The quantitative estimate of drug-likeness (QED) is 0.537. The lowest BCUT2D eigenvalue weighted by molar-refractivity contribution is -0.145. The zero-order chi connectivity index (χ0) is 20.0. The minimum atomic E-state index is -1.13. The smallest absolute Gasteiger partial charge is 0.330 e. The maximum atomic E-state index is 12.0. The van der Waals surface area contributed by atoms with E-state index in [9.17, 15) is 9.59 Å².